The Hall–Kier alpha value is -2.41. The lowest BCUT2D eigenvalue weighted by Crippen LogP contribution is -2.46. The van der Waals surface area contributed by atoms with E-state index >= 15 is 0 Å². The van der Waals surface area contributed by atoms with Crippen molar-refractivity contribution in [1.82, 2.24) is 20.1 Å². The van der Waals surface area contributed by atoms with E-state index in [0.717, 1.165) is 31.4 Å². The summed E-state index contributed by atoms with van der Waals surface area (Å²) in [6.07, 6.45) is 6.88. The highest BCUT2D eigenvalue weighted by Crippen LogP contribution is 2.35. The van der Waals surface area contributed by atoms with Gasteiger partial charge in [0.05, 0.1) is 24.5 Å². The molecule has 3 N–H and O–H groups in total. The number of rotatable bonds is 5. The smallest absolute Gasteiger partial charge is 0.320 e. The topological polar surface area (TPSA) is 92.1 Å². The summed E-state index contributed by atoms with van der Waals surface area (Å²) in [7, 11) is 0. The molecule has 7 nitrogen and oxygen atoms in total. The predicted molar refractivity (Wildman–Crippen MR) is 95.2 cm³/mol. The van der Waals surface area contributed by atoms with E-state index in [1.807, 2.05) is 25.1 Å². The van der Waals surface area contributed by atoms with E-state index in [1.54, 1.807) is 23.1 Å². The molecule has 0 saturated heterocycles. The number of aromatic nitrogens is 3. The van der Waals surface area contributed by atoms with E-state index in [-0.39, 0.29) is 17.6 Å². The monoisotopic (exact) mass is 343 g/mol. The molecular weight excluding hydrogens is 318 g/mol. The van der Waals surface area contributed by atoms with Crippen molar-refractivity contribution in [3.63, 3.8) is 0 Å². The summed E-state index contributed by atoms with van der Waals surface area (Å²) in [5.74, 6) is 0.609. The first-order valence-electron chi connectivity index (χ1n) is 8.71. The molecule has 134 valence electrons. The lowest BCUT2D eigenvalue weighted by atomic mass is 9.73. The summed E-state index contributed by atoms with van der Waals surface area (Å²) in [6, 6.07) is 7.15. The van der Waals surface area contributed by atoms with Gasteiger partial charge in [-0.3, -0.25) is 10.3 Å². The Labute approximate surface area is 147 Å². The molecule has 0 aromatic carbocycles. The lowest BCUT2D eigenvalue weighted by Gasteiger charge is -2.38. The van der Waals surface area contributed by atoms with Crippen LogP contribution in [-0.4, -0.2) is 38.6 Å². The zero-order chi connectivity index (χ0) is 17.7. The fourth-order valence-corrected chi connectivity index (χ4v) is 3.24. The van der Waals surface area contributed by atoms with Gasteiger partial charge in [-0.05, 0) is 25.0 Å². The minimum absolute atomic E-state index is 0.260. The summed E-state index contributed by atoms with van der Waals surface area (Å²) in [6.45, 7) is 2.97. The van der Waals surface area contributed by atoms with Crippen LogP contribution in [0.15, 0.2) is 36.7 Å². The van der Waals surface area contributed by atoms with Crippen LogP contribution in [0, 0.1) is 5.41 Å². The van der Waals surface area contributed by atoms with Gasteiger partial charge in [0.1, 0.15) is 5.82 Å². The molecule has 0 spiro atoms. The number of anilines is 1. The maximum atomic E-state index is 12.2. The summed E-state index contributed by atoms with van der Waals surface area (Å²) < 4.78 is 1.69. The van der Waals surface area contributed by atoms with Crippen LogP contribution in [0.3, 0.4) is 0 Å². The second-order valence-corrected chi connectivity index (χ2v) is 6.92. The van der Waals surface area contributed by atoms with Gasteiger partial charge in [0.15, 0.2) is 0 Å². The van der Waals surface area contributed by atoms with Gasteiger partial charge in [0.2, 0.25) is 0 Å². The number of aliphatic hydroxyl groups is 1. The van der Waals surface area contributed by atoms with Gasteiger partial charge in [-0.25, -0.2) is 9.48 Å². The molecule has 2 heterocycles. The molecule has 1 fully saturated rings. The number of urea groups is 1. The number of amides is 2. The van der Waals surface area contributed by atoms with E-state index in [9.17, 15) is 9.90 Å². The third kappa shape index (κ3) is 4.36. The molecular formula is C18H25N5O2. The summed E-state index contributed by atoms with van der Waals surface area (Å²) in [5.41, 5.74) is 0.608. The van der Waals surface area contributed by atoms with Gasteiger partial charge in [0.25, 0.3) is 0 Å². The van der Waals surface area contributed by atoms with Crippen molar-refractivity contribution in [2.75, 3.05) is 11.9 Å². The van der Waals surface area contributed by atoms with Gasteiger partial charge >= 0.3 is 6.03 Å². The van der Waals surface area contributed by atoms with Crippen molar-refractivity contribution in [3.05, 3.63) is 42.4 Å². The second-order valence-electron chi connectivity index (χ2n) is 6.92. The summed E-state index contributed by atoms with van der Waals surface area (Å²) in [4.78, 5) is 16.5. The van der Waals surface area contributed by atoms with E-state index in [1.165, 1.54) is 0 Å². The molecule has 1 saturated carbocycles. The third-order valence-corrected chi connectivity index (χ3v) is 4.93. The highest BCUT2D eigenvalue weighted by molar-refractivity contribution is 5.88. The molecule has 2 aromatic heterocycles. The number of nitrogens with zero attached hydrogens (tertiary/aromatic N) is 3. The largest absolute Gasteiger partial charge is 0.392 e. The van der Waals surface area contributed by atoms with Crippen LogP contribution in [0.25, 0.3) is 0 Å². The Morgan fingerprint density at radius 1 is 1.36 bits per heavy atom. The normalized spacial score (nSPS) is 23.2. The standard InChI is InChI=1S/C18H25N5O2/c1-18(9-4-2-7-15(18)24)13-20-17(25)22-16-8-11-21-23(16)12-14-6-3-5-10-19-14/h3,5-6,8,10-11,15,24H,2,4,7,9,12-13H2,1H3,(H2,20,22,25). The van der Waals surface area contributed by atoms with Crippen molar-refractivity contribution in [2.24, 2.45) is 5.41 Å². The summed E-state index contributed by atoms with van der Waals surface area (Å²) in [5, 5.41) is 20.2. The van der Waals surface area contributed by atoms with Crippen molar-refractivity contribution < 1.29 is 9.90 Å². The number of carbonyl (C=O) groups is 1. The minimum atomic E-state index is -0.365. The van der Waals surface area contributed by atoms with Crippen LogP contribution in [0.2, 0.25) is 0 Å². The molecule has 7 heteroatoms. The highest BCUT2D eigenvalue weighted by Gasteiger charge is 2.35. The van der Waals surface area contributed by atoms with Crippen LogP contribution in [-0.2, 0) is 6.54 Å². The molecule has 1 aliphatic carbocycles. The van der Waals surface area contributed by atoms with Crippen molar-refractivity contribution in [1.29, 1.82) is 0 Å². The number of nitrogens with one attached hydrogen (secondary N) is 2. The first kappa shape index (κ1) is 17.4. The number of pyridine rings is 1. The quantitative estimate of drug-likeness (QED) is 0.777. The zero-order valence-electron chi connectivity index (χ0n) is 14.5. The number of carbonyl (C=O) groups excluding carboxylic acids is 1. The molecule has 0 bridgehead atoms. The zero-order valence-corrected chi connectivity index (χ0v) is 14.5. The van der Waals surface area contributed by atoms with Gasteiger partial charge < -0.3 is 10.4 Å². The lowest BCUT2D eigenvalue weighted by molar-refractivity contribution is 0.00333. The fourth-order valence-electron chi connectivity index (χ4n) is 3.24. The average molecular weight is 343 g/mol. The molecule has 25 heavy (non-hydrogen) atoms. The van der Waals surface area contributed by atoms with Gasteiger partial charge in [-0.2, -0.15) is 5.10 Å². The Morgan fingerprint density at radius 3 is 3.00 bits per heavy atom. The Bertz CT molecular complexity index is 703. The Balaban J connectivity index is 1.56. The van der Waals surface area contributed by atoms with E-state index in [2.05, 4.69) is 20.7 Å². The first-order chi connectivity index (χ1) is 12.1. The van der Waals surface area contributed by atoms with Gasteiger partial charge in [-0.1, -0.05) is 25.8 Å². The molecule has 0 aliphatic heterocycles. The van der Waals surface area contributed by atoms with Crippen LogP contribution in [0.1, 0.15) is 38.3 Å². The van der Waals surface area contributed by atoms with Gasteiger partial charge in [0, 0.05) is 24.2 Å². The predicted octanol–water partition coefficient (Wildman–Crippen LogP) is 2.39. The van der Waals surface area contributed by atoms with E-state index in [0.29, 0.717) is 18.9 Å². The fraction of sp³-hybridized carbons (Fsp3) is 0.500. The summed E-state index contributed by atoms with van der Waals surface area (Å²) >= 11 is 0. The van der Waals surface area contributed by atoms with Crippen LogP contribution >= 0.6 is 0 Å². The average Bonchev–Trinajstić information content (AvgIpc) is 3.04. The molecule has 0 radical (unpaired) electrons. The Morgan fingerprint density at radius 2 is 2.24 bits per heavy atom. The van der Waals surface area contributed by atoms with Crippen LogP contribution in [0.4, 0.5) is 10.6 Å². The van der Waals surface area contributed by atoms with Crippen molar-refractivity contribution in [2.45, 2.75) is 45.3 Å². The molecule has 3 rings (SSSR count). The van der Waals surface area contributed by atoms with Crippen molar-refractivity contribution in [3.8, 4) is 0 Å². The molecule has 2 atom stereocenters. The number of hydrogen-bond acceptors (Lipinski definition) is 4. The van der Waals surface area contributed by atoms with Crippen molar-refractivity contribution >= 4 is 11.8 Å². The number of aliphatic hydroxyl groups excluding tert-OH is 1. The molecule has 2 unspecified atom stereocenters. The third-order valence-electron chi connectivity index (χ3n) is 4.93. The molecule has 2 aromatic rings. The first-order valence-corrected chi connectivity index (χ1v) is 8.71. The molecule has 1 aliphatic rings. The number of hydrogen-bond donors (Lipinski definition) is 3. The molecule has 2 amide bonds. The SMILES string of the molecule is CC1(CNC(=O)Nc2ccnn2Cc2ccccn2)CCCCC1O. The van der Waals surface area contributed by atoms with E-state index in [4.69, 9.17) is 0 Å². The van der Waals surface area contributed by atoms with Crippen LogP contribution in [0.5, 0.6) is 0 Å². The van der Waals surface area contributed by atoms with Gasteiger partial charge in [-0.15, -0.1) is 0 Å². The maximum absolute atomic E-state index is 12.2. The minimum Gasteiger partial charge on any atom is -0.392 e. The second kappa shape index (κ2) is 7.65. The Kier molecular flexibility index (Phi) is 5.33. The van der Waals surface area contributed by atoms with E-state index < -0.39 is 0 Å². The maximum Gasteiger partial charge on any atom is 0.320 e. The van der Waals surface area contributed by atoms with Crippen LogP contribution < -0.4 is 10.6 Å². The highest BCUT2D eigenvalue weighted by atomic mass is 16.3.